The second-order valence-electron chi connectivity index (χ2n) is 9.36. The molecule has 3 N–H and O–H groups in total. The Morgan fingerprint density at radius 1 is 1.24 bits per heavy atom. The predicted octanol–water partition coefficient (Wildman–Crippen LogP) is 5.28. The number of fused-ring (bicyclic) bond motifs is 1. The lowest BCUT2D eigenvalue weighted by Crippen LogP contribution is -2.49. The Bertz CT molecular complexity index is 1290. The van der Waals surface area contributed by atoms with Gasteiger partial charge in [0.2, 0.25) is 0 Å². The fourth-order valence-electron chi connectivity index (χ4n) is 5.02. The van der Waals surface area contributed by atoms with Gasteiger partial charge in [0, 0.05) is 60.6 Å². The summed E-state index contributed by atoms with van der Waals surface area (Å²) in [5.74, 6) is -0.711. The standard InChI is InChI=1S/C26H29F5N4O3/c1-15-9-22(38-2)19(17-5-6-32-24(15)17)11-35-8-7-34(13-23(27)28)12-21(35)16-3-4-18(25(36)37)20(10-16)33-14-26(29,30)31/h3-6,9-10,21,23,32-33H,7-8,11-14H2,1-2H3,(H,36,37). The molecule has 1 fully saturated rings. The summed E-state index contributed by atoms with van der Waals surface area (Å²) in [7, 11) is 1.57. The van der Waals surface area contributed by atoms with Gasteiger partial charge in [-0.3, -0.25) is 9.80 Å². The number of hydrogen-bond donors (Lipinski definition) is 3. The minimum Gasteiger partial charge on any atom is -0.496 e. The molecule has 1 aliphatic rings. The summed E-state index contributed by atoms with van der Waals surface area (Å²) in [5.41, 5.74) is 2.86. The molecule has 0 bridgehead atoms. The Morgan fingerprint density at radius 3 is 2.66 bits per heavy atom. The van der Waals surface area contributed by atoms with Gasteiger partial charge in [0.05, 0.1) is 19.2 Å². The number of carboxylic acids is 1. The number of benzene rings is 2. The van der Waals surface area contributed by atoms with Crippen LogP contribution in [0.1, 0.15) is 33.1 Å². The largest absolute Gasteiger partial charge is 0.496 e. The Balaban J connectivity index is 1.73. The third kappa shape index (κ3) is 6.18. The highest BCUT2D eigenvalue weighted by atomic mass is 19.4. The molecule has 206 valence electrons. The number of carboxylic acid groups (broad SMARTS) is 1. The van der Waals surface area contributed by atoms with Crippen molar-refractivity contribution in [1.29, 1.82) is 0 Å². The number of alkyl halides is 5. The van der Waals surface area contributed by atoms with Gasteiger partial charge < -0.3 is 20.1 Å². The topological polar surface area (TPSA) is 80.8 Å². The molecule has 0 spiro atoms. The van der Waals surface area contributed by atoms with Gasteiger partial charge >= 0.3 is 12.1 Å². The zero-order valence-electron chi connectivity index (χ0n) is 20.9. The molecule has 2 heterocycles. The lowest BCUT2D eigenvalue weighted by atomic mass is 9.97. The Morgan fingerprint density at radius 2 is 2.00 bits per heavy atom. The average molecular weight is 541 g/mol. The Kier molecular flexibility index (Phi) is 8.12. The Labute approximate surface area is 216 Å². The van der Waals surface area contributed by atoms with Crippen LogP contribution in [0.4, 0.5) is 27.6 Å². The van der Waals surface area contributed by atoms with Gasteiger partial charge in [-0.2, -0.15) is 13.2 Å². The molecule has 0 aliphatic carbocycles. The number of H-pyrrole nitrogens is 1. The van der Waals surface area contributed by atoms with Crippen molar-refractivity contribution < 1.29 is 36.6 Å². The fourth-order valence-corrected chi connectivity index (χ4v) is 5.02. The third-order valence-corrected chi connectivity index (χ3v) is 6.80. The van der Waals surface area contributed by atoms with Crippen LogP contribution < -0.4 is 10.1 Å². The number of methoxy groups -OCH3 is 1. The van der Waals surface area contributed by atoms with Gasteiger partial charge in [0.1, 0.15) is 12.3 Å². The number of anilines is 1. The van der Waals surface area contributed by atoms with Crippen LogP contribution in [-0.2, 0) is 6.54 Å². The van der Waals surface area contributed by atoms with E-state index in [0.717, 1.165) is 22.0 Å². The second kappa shape index (κ2) is 11.2. The predicted molar refractivity (Wildman–Crippen MR) is 133 cm³/mol. The summed E-state index contributed by atoms with van der Waals surface area (Å²) in [6.07, 6.45) is -5.28. The van der Waals surface area contributed by atoms with Crippen molar-refractivity contribution in [2.75, 3.05) is 45.2 Å². The van der Waals surface area contributed by atoms with E-state index in [1.165, 1.54) is 18.2 Å². The van der Waals surface area contributed by atoms with E-state index in [-0.39, 0.29) is 17.8 Å². The van der Waals surface area contributed by atoms with Crippen LogP contribution >= 0.6 is 0 Å². The summed E-state index contributed by atoms with van der Waals surface area (Å²) in [6.45, 7) is 1.47. The van der Waals surface area contributed by atoms with Crippen molar-refractivity contribution in [2.24, 2.45) is 0 Å². The van der Waals surface area contributed by atoms with Crippen LogP contribution in [0.5, 0.6) is 5.75 Å². The number of hydrogen-bond acceptors (Lipinski definition) is 5. The lowest BCUT2D eigenvalue weighted by Gasteiger charge is -2.42. The van der Waals surface area contributed by atoms with Crippen LogP contribution in [-0.4, -0.2) is 78.3 Å². The number of ether oxygens (including phenoxy) is 1. The van der Waals surface area contributed by atoms with Crippen LogP contribution in [0.2, 0.25) is 0 Å². The number of piperazine rings is 1. The minimum atomic E-state index is -4.55. The second-order valence-corrected chi connectivity index (χ2v) is 9.36. The van der Waals surface area contributed by atoms with E-state index in [0.29, 0.717) is 30.9 Å². The molecular weight excluding hydrogens is 511 g/mol. The van der Waals surface area contributed by atoms with Crippen molar-refractivity contribution in [2.45, 2.75) is 32.1 Å². The number of carbonyl (C=O) groups is 1. The van der Waals surface area contributed by atoms with Gasteiger partial charge in [-0.1, -0.05) is 6.07 Å². The molecule has 12 heteroatoms. The monoisotopic (exact) mass is 540 g/mol. The van der Waals surface area contributed by atoms with E-state index in [1.807, 2.05) is 25.3 Å². The molecule has 1 saturated heterocycles. The molecule has 0 amide bonds. The summed E-state index contributed by atoms with van der Waals surface area (Å²) in [5, 5.41) is 12.6. The zero-order chi connectivity index (χ0) is 27.6. The highest BCUT2D eigenvalue weighted by molar-refractivity contribution is 5.94. The van der Waals surface area contributed by atoms with Gasteiger partial charge in [0.15, 0.2) is 0 Å². The summed E-state index contributed by atoms with van der Waals surface area (Å²) in [6, 6.07) is 7.51. The van der Waals surface area contributed by atoms with Gasteiger partial charge in [0.25, 0.3) is 6.43 Å². The van der Waals surface area contributed by atoms with Crippen molar-refractivity contribution in [3.8, 4) is 5.75 Å². The van der Waals surface area contributed by atoms with Gasteiger partial charge in [-0.05, 0) is 42.3 Å². The summed E-state index contributed by atoms with van der Waals surface area (Å²) < 4.78 is 70.8. The molecule has 1 aliphatic heterocycles. The number of nitrogens with zero attached hydrogens (tertiary/aromatic N) is 2. The number of aromatic carboxylic acids is 1. The number of nitrogens with one attached hydrogen (secondary N) is 2. The first-order chi connectivity index (χ1) is 18.0. The molecule has 2 aromatic carbocycles. The van der Waals surface area contributed by atoms with E-state index < -0.39 is 37.7 Å². The molecule has 1 aromatic heterocycles. The first-order valence-corrected chi connectivity index (χ1v) is 12.0. The van der Waals surface area contributed by atoms with Crippen molar-refractivity contribution in [1.82, 2.24) is 14.8 Å². The summed E-state index contributed by atoms with van der Waals surface area (Å²) >= 11 is 0. The molecule has 7 nitrogen and oxygen atoms in total. The molecule has 38 heavy (non-hydrogen) atoms. The number of aryl methyl sites for hydroxylation is 1. The van der Waals surface area contributed by atoms with Crippen LogP contribution in [0.25, 0.3) is 10.9 Å². The van der Waals surface area contributed by atoms with Crippen LogP contribution in [0, 0.1) is 6.92 Å². The molecular formula is C26H29F5N4O3. The summed E-state index contributed by atoms with van der Waals surface area (Å²) in [4.78, 5) is 18.6. The van der Waals surface area contributed by atoms with Gasteiger partial charge in [-0.15, -0.1) is 0 Å². The number of aromatic amines is 1. The number of rotatable bonds is 9. The lowest BCUT2D eigenvalue weighted by molar-refractivity contribution is -0.115. The molecule has 0 saturated carbocycles. The third-order valence-electron chi connectivity index (χ3n) is 6.80. The normalized spacial score (nSPS) is 17.3. The maximum atomic E-state index is 13.2. The van der Waals surface area contributed by atoms with E-state index >= 15 is 0 Å². The molecule has 3 aromatic rings. The smallest absolute Gasteiger partial charge is 0.405 e. The van der Waals surface area contributed by atoms with Crippen molar-refractivity contribution in [3.63, 3.8) is 0 Å². The zero-order valence-corrected chi connectivity index (χ0v) is 20.9. The SMILES string of the molecule is COc1cc(C)c2[nH]ccc2c1CN1CCN(CC(F)F)CC1c1ccc(C(=O)O)c(NCC(F)(F)F)c1. The van der Waals surface area contributed by atoms with E-state index in [4.69, 9.17) is 4.74 Å². The number of halogens is 5. The van der Waals surface area contributed by atoms with Crippen LogP contribution in [0.15, 0.2) is 36.5 Å². The quantitative estimate of drug-likeness (QED) is 0.321. The maximum Gasteiger partial charge on any atom is 0.405 e. The van der Waals surface area contributed by atoms with E-state index in [2.05, 4.69) is 15.2 Å². The first-order valence-electron chi connectivity index (χ1n) is 12.0. The minimum absolute atomic E-state index is 0.181. The Hall–Kier alpha value is -3.38. The van der Waals surface area contributed by atoms with Crippen LogP contribution in [0.3, 0.4) is 0 Å². The highest BCUT2D eigenvalue weighted by Gasteiger charge is 2.32. The van der Waals surface area contributed by atoms with Crippen molar-refractivity contribution in [3.05, 3.63) is 58.8 Å². The molecule has 4 rings (SSSR count). The molecule has 1 atom stereocenters. The highest BCUT2D eigenvalue weighted by Crippen LogP contribution is 2.36. The van der Waals surface area contributed by atoms with Crippen molar-refractivity contribution >= 4 is 22.6 Å². The van der Waals surface area contributed by atoms with E-state index in [9.17, 15) is 31.9 Å². The molecule has 1 unspecified atom stereocenters. The van der Waals surface area contributed by atoms with Gasteiger partial charge in [-0.25, -0.2) is 13.6 Å². The number of aromatic nitrogens is 1. The average Bonchev–Trinajstić information content (AvgIpc) is 3.35. The fraction of sp³-hybridized carbons (Fsp3) is 0.423. The maximum absolute atomic E-state index is 13.2. The first kappa shape index (κ1) is 27.6. The van der Waals surface area contributed by atoms with E-state index in [1.54, 1.807) is 12.0 Å². The molecule has 0 radical (unpaired) electrons.